The molecule has 0 saturated heterocycles. The van der Waals surface area contributed by atoms with Crippen molar-refractivity contribution in [1.29, 1.82) is 0 Å². The summed E-state index contributed by atoms with van der Waals surface area (Å²) in [6.45, 7) is 0.813. The molecule has 0 aliphatic rings. The molecule has 0 rings (SSSR count). The van der Waals surface area contributed by atoms with E-state index in [1.165, 1.54) is 0 Å². The van der Waals surface area contributed by atoms with Crippen LogP contribution in [0.4, 0.5) is 22.0 Å². The fraction of sp³-hybridized carbons (Fsp3) is 0.857. The van der Waals surface area contributed by atoms with Gasteiger partial charge in [-0.25, -0.2) is 8.78 Å². The minimum absolute atomic E-state index is 0.0451. The van der Waals surface area contributed by atoms with Crippen molar-refractivity contribution in [1.82, 2.24) is 0 Å². The molecule has 0 aliphatic carbocycles. The van der Waals surface area contributed by atoms with E-state index in [0.29, 0.717) is 6.92 Å². The molecule has 2 nitrogen and oxygen atoms in total. The van der Waals surface area contributed by atoms with Gasteiger partial charge in [0.05, 0.1) is 0 Å². The van der Waals surface area contributed by atoms with Gasteiger partial charge in [0, 0.05) is 13.8 Å². The van der Waals surface area contributed by atoms with Crippen LogP contribution in [0.5, 0.6) is 0 Å². The van der Waals surface area contributed by atoms with Gasteiger partial charge < -0.3 is 4.74 Å². The first-order valence-electron chi connectivity index (χ1n) is 3.56. The molecular formula is C7H9F5O2. The highest BCUT2D eigenvalue weighted by Gasteiger charge is 2.67. The summed E-state index contributed by atoms with van der Waals surface area (Å²) in [5.74, 6) is -5.61. The Hall–Kier alpha value is -0.880. The second-order valence-corrected chi connectivity index (χ2v) is 3.01. The van der Waals surface area contributed by atoms with Crippen LogP contribution >= 0.6 is 0 Å². The van der Waals surface area contributed by atoms with E-state index in [1.54, 1.807) is 0 Å². The molecule has 0 aromatic rings. The highest BCUT2D eigenvalue weighted by atomic mass is 19.4. The van der Waals surface area contributed by atoms with Crippen molar-refractivity contribution in [3.63, 3.8) is 0 Å². The van der Waals surface area contributed by atoms with Gasteiger partial charge >= 0.3 is 12.1 Å². The lowest BCUT2D eigenvalue weighted by molar-refractivity contribution is -0.323. The number of ether oxygens (including phenoxy) is 1. The number of carbonyl (C=O) groups excluding carboxylic acids is 1. The van der Waals surface area contributed by atoms with Gasteiger partial charge in [-0.1, -0.05) is 0 Å². The predicted molar refractivity (Wildman–Crippen MR) is 36.8 cm³/mol. The molecule has 0 bridgehead atoms. The van der Waals surface area contributed by atoms with E-state index in [4.69, 9.17) is 0 Å². The van der Waals surface area contributed by atoms with Gasteiger partial charge in [-0.15, -0.1) is 0 Å². The molecule has 1 atom stereocenters. The lowest BCUT2D eigenvalue weighted by Gasteiger charge is -2.35. The Morgan fingerprint density at radius 2 is 1.43 bits per heavy atom. The predicted octanol–water partition coefficient (Wildman–Crippen LogP) is 2.53. The number of halogens is 5. The van der Waals surface area contributed by atoms with Gasteiger partial charge in [-0.05, 0) is 6.92 Å². The summed E-state index contributed by atoms with van der Waals surface area (Å²) < 4.78 is 65.5. The van der Waals surface area contributed by atoms with Crippen molar-refractivity contribution in [2.24, 2.45) is 0 Å². The lowest BCUT2D eigenvalue weighted by Crippen LogP contribution is -2.57. The molecule has 0 fully saturated rings. The number of alkyl halides is 5. The normalized spacial score (nSPS) is 17.4. The van der Waals surface area contributed by atoms with E-state index in [1.807, 2.05) is 0 Å². The molecule has 0 aromatic carbocycles. The summed E-state index contributed by atoms with van der Waals surface area (Å²) in [6, 6.07) is 0. The van der Waals surface area contributed by atoms with Crippen LogP contribution in [0.15, 0.2) is 0 Å². The third-order valence-electron chi connectivity index (χ3n) is 1.73. The number of carbonyl (C=O) groups is 1. The molecular weight excluding hydrogens is 211 g/mol. The molecule has 0 spiro atoms. The van der Waals surface area contributed by atoms with Crippen LogP contribution in [0.1, 0.15) is 20.8 Å². The Kier molecular flexibility index (Phi) is 3.15. The molecule has 0 heterocycles. The van der Waals surface area contributed by atoms with E-state index in [2.05, 4.69) is 4.74 Å². The van der Waals surface area contributed by atoms with Crippen LogP contribution in [0.2, 0.25) is 0 Å². The lowest BCUT2D eigenvalue weighted by atomic mass is 9.98. The number of esters is 1. The van der Waals surface area contributed by atoms with Crippen molar-refractivity contribution < 1.29 is 31.5 Å². The van der Waals surface area contributed by atoms with Crippen LogP contribution in [0, 0.1) is 0 Å². The number of hydrogen-bond donors (Lipinski definition) is 0. The van der Waals surface area contributed by atoms with E-state index >= 15 is 0 Å². The molecule has 7 heteroatoms. The minimum atomic E-state index is -5.32. The van der Waals surface area contributed by atoms with Crippen LogP contribution in [-0.4, -0.2) is 23.7 Å². The third-order valence-corrected chi connectivity index (χ3v) is 1.73. The maximum Gasteiger partial charge on any atom is 0.434 e. The first-order valence-corrected chi connectivity index (χ1v) is 3.56. The molecule has 14 heavy (non-hydrogen) atoms. The topological polar surface area (TPSA) is 26.3 Å². The molecule has 0 saturated carbocycles. The van der Waals surface area contributed by atoms with Gasteiger partial charge in [0.15, 0.2) is 0 Å². The number of hydrogen-bond acceptors (Lipinski definition) is 2. The highest BCUT2D eigenvalue weighted by Crippen LogP contribution is 2.44. The Morgan fingerprint density at radius 1 is 1.07 bits per heavy atom. The zero-order chi connectivity index (χ0) is 11.8. The summed E-state index contributed by atoms with van der Waals surface area (Å²) in [6.07, 6.45) is -5.32. The first-order chi connectivity index (χ1) is 5.92. The van der Waals surface area contributed by atoms with E-state index in [-0.39, 0.29) is 13.8 Å². The fourth-order valence-corrected chi connectivity index (χ4v) is 0.684. The molecule has 0 amide bonds. The second-order valence-electron chi connectivity index (χ2n) is 3.01. The largest absolute Gasteiger partial charge is 0.443 e. The van der Waals surface area contributed by atoms with Crippen molar-refractivity contribution in [3.8, 4) is 0 Å². The van der Waals surface area contributed by atoms with Crippen LogP contribution in [-0.2, 0) is 9.53 Å². The van der Waals surface area contributed by atoms with Gasteiger partial charge in [0.1, 0.15) is 0 Å². The average Bonchev–Trinajstić information content (AvgIpc) is 1.79. The summed E-state index contributed by atoms with van der Waals surface area (Å²) in [7, 11) is 0. The van der Waals surface area contributed by atoms with Crippen molar-refractivity contribution >= 4 is 5.97 Å². The van der Waals surface area contributed by atoms with E-state index < -0.39 is 23.7 Å². The zero-order valence-corrected chi connectivity index (χ0v) is 7.71. The molecule has 84 valence electrons. The molecule has 0 N–H and O–H groups in total. The average molecular weight is 220 g/mol. The number of rotatable bonds is 2. The molecule has 0 radical (unpaired) electrons. The van der Waals surface area contributed by atoms with E-state index in [9.17, 15) is 26.7 Å². The van der Waals surface area contributed by atoms with Crippen LogP contribution < -0.4 is 0 Å². The monoisotopic (exact) mass is 220 g/mol. The van der Waals surface area contributed by atoms with Crippen LogP contribution in [0.25, 0.3) is 0 Å². The highest BCUT2D eigenvalue weighted by molar-refractivity contribution is 5.66. The Morgan fingerprint density at radius 3 is 1.50 bits per heavy atom. The fourth-order valence-electron chi connectivity index (χ4n) is 0.684. The molecule has 1 unspecified atom stereocenters. The summed E-state index contributed by atoms with van der Waals surface area (Å²) in [5.41, 5.74) is -3.79. The van der Waals surface area contributed by atoms with Crippen molar-refractivity contribution in [2.45, 2.75) is 38.5 Å². The second kappa shape index (κ2) is 3.36. The zero-order valence-electron chi connectivity index (χ0n) is 7.71. The maximum absolute atomic E-state index is 12.6. The van der Waals surface area contributed by atoms with Crippen molar-refractivity contribution in [2.75, 3.05) is 0 Å². The minimum Gasteiger partial charge on any atom is -0.443 e. The van der Waals surface area contributed by atoms with Gasteiger partial charge in [0.25, 0.3) is 11.5 Å². The quantitative estimate of drug-likeness (QED) is 0.528. The van der Waals surface area contributed by atoms with E-state index in [0.717, 1.165) is 0 Å². The smallest absolute Gasteiger partial charge is 0.434 e. The maximum atomic E-state index is 12.6. The standard InChI is InChI=1S/C7H9F5O2/c1-4(13)14-5(2,6(3,8)9)7(10,11)12/h1-3H3. The summed E-state index contributed by atoms with van der Waals surface area (Å²) >= 11 is 0. The Labute approximate surface area is 77.0 Å². The molecule has 0 aromatic heterocycles. The third kappa shape index (κ3) is 2.33. The first kappa shape index (κ1) is 13.1. The van der Waals surface area contributed by atoms with Crippen LogP contribution in [0.3, 0.4) is 0 Å². The Bertz CT molecular complexity index is 213. The van der Waals surface area contributed by atoms with Gasteiger partial charge in [-0.2, -0.15) is 13.2 Å². The van der Waals surface area contributed by atoms with Gasteiger partial charge in [0.2, 0.25) is 0 Å². The van der Waals surface area contributed by atoms with Gasteiger partial charge in [-0.3, -0.25) is 4.79 Å². The summed E-state index contributed by atoms with van der Waals surface area (Å²) in [4.78, 5) is 10.3. The Balaban J connectivity index is 5.18. The van der Waals surface area contributed by atoms with Crippen molar-refractivity contribution in [3.05, 3.63) is 0 Å². The molecule has 0 aliphatic heterocycles. The summed E-state index contributed by atoms with van der Waals surface area (Å²) in [5, 5.41) is 0. The SMILES string of the molecule is CC(=O)OC(C)(C(C)(F)F)C(F)(F)F.